The van der Waals surface area contributed by atoms with Gasteiger partial charge in [-0.3, -0.25) is 0 Å². The van der Waals surface area contributed by atoms with Gasteiger partial charge in [-0.1, -0.05) is 12.2 Å². The minimum Gasteiger partial charge on any atom is -0.369 e. The van der Waals surface area contributed by atoms with Gasteiger partial charge >= 0.3 is 0 Å². The molecule has 2 aliphatic carbocycles. The van der Waals surface area contributed by atoms with Gasteiger partial charge in [0, 0.05) is 0 Å². The normalized spacial score (nSPS) is 56.0. The van der Waals surface area contributed by atoms with Crippen LogP contribution in [0.5, 0.6) is 0 Å². The summed E-state index contributed by atoms with van der Waals surface area (Å²) in [6.07, 6.45) is 9.97. The van der Waals surface area contributed by atoms with Gasteiger partial charge in [0.1, 0.15) is 0 Å². The first-order chi connectivity index (χ1) is 4.95. The van der Waals surface area contributed by atoms with E-state index in [0.717, 1.165) is 11.8 Å². The minimum atomic E-state index is 0.676. The number of allylic oxidation sites excluding steroid dienone is 2. The summed E-state index contributed by atoms with van der Waals surface area (Å²) in [7, 11) is 0. The number of fused-ring (bicyclic) bond motifs is 3. The van der Waals surface area contributed by atoms with Crippen molar-refractivity contribution in [3.8, 4) is 0 Å². The smallest absolute Gasteiger partial charge is 0.0875 e. The second-order valence-corrected chi connectivity index (χ2v) is 3.74. The van der Waals surface area contributed by atoms with Crippen LogP contribution < -0.4 is 0 Å². The summed E-state index contributed by atoms with van der Waals surface area (Å²) in [5.41, 5.74) is 0. The van der Waals surface area contributed by atoms with E-state index in [2.05, 4.69) is 12.2 Å². The van der Waals surface area contributed by atoms with Gasteiger partial charge in [0.15, 0.2) is 0 Å². The number of hydrogen-bond donors (Lipinski definition) is 0. The van der Waals surface area contributed by atoms with E-state index >= 15 is 0 Å². The quantitative estimate of drug-likeness (QED) is 0.365. The van der Waals surface area contributed by atoms with Crippen LogP contribution in [-0.2, 0) is 4.74 Å². The van der Waals surface area contributed by atoms with E-state index in [9.17, 15) is 0 Å². The summed E-state index contributed by atoms with van der Waals surface area (Å²) in [5.74, 6) is 1.88. The fraction of sp³-hybridized carbons (Fsp3) is 0.778. The Kier molecular flexibility index (Phi) is 0.883. The highest BCUT2D eigenvalue weighted by Gasteiger charge is 2.54. The van der Waals surface area contributed by atoms with Gasteiger partial charge in [-0.2, -0.15) is 0 Å². The van der Waals surface area contributed by atoms with Crippen molar-refractivity contribution in [3.63, 3.8) is 0 Å². The van der Waals surface area contributed by atoms with Crippen molar-refractivity contribution >= 4 is 0 Å². The first kappa shape index (κ1) is 5.36. The highest BCUT2D eigenvalue weighted by Crippen LogP contribution is 2.51. The molecule has 0 aromatic heterocycles. The molecule has 0 aromatic rings. The Morgan fingerprint density at radius 1 is 1.20 bits per heavy atom. The van der Waals surface area contributed by atoms with Crippen LogP contribution in [0.1, 0.15) is 19.3 Å². The topological polar surface area (TPSA) is 12.5 Å². The average Bonchev–Trinajstić information content (AvgIpc) is 2.64. The highest BCUT2D eigenvalue weighted by atomic mass is 16.6. The molecule has 2 fully saturated rings. The molecule has 3 aliphatic rings. The van der Waals surface area contributed by atoms with Crippen LogP contribution in [0.2, 0.25) is 0 Å². The van der Waals surface area contributed by atoms with Crippen molar-refractivity contribution in [2.45, 2.75) is 31.5 Å². The predicted molar refractivity (Wildman–Crippen MR) is 38.6 cm³/mol. The number of hydrogen-bond acceptors (Lipinski definition) is 1. The van der Waals surface area contributed by atoms with Crippen LogP contribution in [0, 0.1) is 11.8 Å². The summed E-state index contributed by atoms with van der Waals surface area (Å²) in [6.45, 7) is 0. The zero-order valence-electron chi connectivity index (χ0n) is 5.99. The van der Waals surface area contributed by atoms with Crippen molar-refractivity contribution in [2.24, 2.45) is 11.8 Å². The van der Waals surface area contributed by atoms with Crippen LogP contribution >= 0.6 is 0 Å². The van der Waals surface area contributed by atoms with Gasteiger partial charge in [0.2, 0.25) is 0 Å². The fourth-order valence-electron chi connectivity index (χ4n) is 2.59. The molecule has 4 unspecified atom stereocenters. The third-order valence-electron chi connectivity index (χ3n) is 3.20. The Hall–Kier alpha value is -0.300. The summed E-state index contributed by atoms with van der Waals surface area (Å²) >= 11 is 0. The van der Waals surface area contributed by atoms with E-state index in [1.54, 1.807) is 0 Å². The largest absolute Gasteiger partial charge is 0.369 e. The summed E-state index contributed by atoms with van der Waals surface area (Å²) in [5, 5.41) is 0. The molecule has 0 bridgehead atoms. The van der Waals surface area contributed by atoms with Crippen LogP contribution in [0.25, 0.3) is 0 Å². The molecule has 0 radical (unpaired) electrons. The Labute approximate surface area is 61.1 Å². The first-order valence-electron chi connectivity index (χ1n) is 4.25. The maximum absolute atomic E-state index is 5.49. The molecule has 0 N–H and O–H groups in total. The summed E-state index contributed by atoms with van der Waals surface area (Å²) in [4.78, 5) is 0. The minimum absolute atomic E-state index is 0.676. The zero-order chi connectivity index (χ0) is 6.55. The molecule has 1 saturated heterocycles. The summed E-state index contributed by atoms with van der Waals surface area (Å²) < 4.78 is 5.49. The van der Waals surface area contributed by atoms with E-state index in [0.29, 0.717) is 12.2 Å². The van der Waals surface area contributed by atoms with E-state index in [1.165, 1.54) is 19.3 Å². The molecule has 1 heteroatoms. The molecule has 1 nitrogen and oxygen atoms in total. The maximum Gasteiger partial charge on any atom is 0.0875 e. The fourth-order valence-corrected chi connectivity index (χ4v) is 2.59. The van der Waals surface area contributed by atoms with Crippen molar-refractivity contribution in [3.05, 3.63) is 12.2 Å². The van der Waals surface area contributed by atoms with Crippen LogP contribution in [-0.4, -0.2) is 12.2 Å². The molecule has 3 rings (SSSR count). The lowest BCUT2D eigenvalue weighted by Gasteiger charge is -2.22. The Morgan fingerprint density at radius 2 is 2.10 bits per heavy atom. The molecule has 0 aromatic carbocycles. The van der Waals surface area contributed by atoms with Crippen molar-refractivity contribution in [1.82, 2.24) is 0 Å². The van der Waals surface area contributed by atoms with E-state index in [4.69, 9.17) is 4.74 Å². The molecule has 10 heavy (non-hydrogen) atoms. The van der Waals surface area contributed by atoms with E-state index in [1.807, 2.05) is 0 Å². The zero-order valence-corrected chi connectivity index (χ0v) is 5.99. The first-order valence-corrected chi connectivity index (χ1v) is 4.25. The Balaban J connectivity index is 1.87. The molecular formula is C9H12O. The number of epoxide rings is 1. The van der Waals surface area contributed by atoms with Gasteiger partial charge in [0.25, 0.3) is 0 Å². The summed E-state index contributed by atoms with van der Waals surface area (Å²) in [6, 6.07) is 0. The molecule has 1 aliphatic heterocycles. The van der Waals surface area contributed by atoms with Crippen molar-refractivity contribution < 1.29 is 4.74 Å². The maximum atomic E-state index is 5.49. The van der Waals surface area contributed by atoms with Gasteiger partial charge in [-0.05, 0) is 31.1 Å². The molecule has 1 heterocycles. The second-order valence-electron chi connectivity index (χ2n) is 3.74. The lowest BCUT2D eigenvalue weighted by molar-refractivity contribution is 0.198. The van der Waals surface area contributed by atoms with Gasteiger partial charge in [0.05, 0.1) is 12.2 Å². The van der Waals surface area contributed by atoms with Crippen molar-refractivity contribution in [2.75, 3.05) is 0 Å². The third kappa shape index (κ3) is 0.567. The lowest BCUT2D eigenvalue weighted by Crippen LogP contribution is -2.16. The molecule has 4 atom stereocenters. The predicted octanol–water partition coefficient (Wildman–Crippen LogP) is 1.74. The SMILES string of the molecule is C1=CCC2C(C1)CC1OC12. The second kappa shape index (κ2) is 1.65. The van der Waals surface area contributed by atoms with Crippen LogP contribution in [0.3, 0.4) is 0 Å². The molecule has 0 spiro atoms. The molecule has 1 saturated carbocycles. The van der Waals surface area contributed by atoms with Crippen LogP contribution in [0.4, 0.5) is 0 Å². The number of ether oxygens (including phenoxy) is 1. The lowest BCUT2D eigenvalue weighted by atomic mass is 9.85. The van der Waals surface area contributed by atoms with Gasteiger partial charge in [-0.15, -0.1) is 0 Å². The third-order valence-corrected chi connectivity index (χ3v) is 3.20. The van der Waals surface area contributed by atoms with E-state index in [-0.39, 0.29) is 0 Å². The standard InChI is InChI=1S/C9H12O/c1-2-4-7-6(3-1)5-8-9(7)10-8/h1-2,6-9H,3-5H2. The molecule has 0 amide bonds. The Morgan fingerprint density at radius 3 is 3.00 bits per heavy atom. The monoisotopic (exact) mass is 136 g/mol. The Bertz CT molecular complexity index is 185. The van der Waals surface area contributed by atoms with E-state index < -0.39 is 0 Å². The highest BCUT2D eigenvalue weighted by molar-refractivity contribution is 5.09. The van der Waals surface area contributed by atoms with Gasteiger partial charge in [-0.25, -0.2) is 0 Å². The average molecular weight is 136 g/mol. The molecular weight excluding hydrogens is 124 g/mol. The van der Waals surface area contributed by atoms with Crippen molar-refractivity contribution in [1.29, 1.82) is 0 Å². The number of rotatable bonds is 0. The molecule has 54 valence electrons. The van der Waals surface area contributed by atoms with Crippen LogP contribution in [0.15, 0.2) is 12.2 Å². The van der Waals surface area contributed by atoms with Gasteiger partial charge < -0.3 is 4.74 Å².